The number of hydrogen-bond donors (Lipinski definition) is 0. The maximum atomic E-state index is 8.49. The zero-order valence-electron chi connectivity index (χ0n) is 10.7. The fourth-order valence-electron chi connectivity index (χ4n) is 1.39. The predicted molar refractivity (Wildman–Crippen MR) is 61.8 cm³/mol. The van der Waals surface area contributed by atoms with Gasteiger partial charge in [-0.15, -0.1) is 10.2 Å². The molecule has 0 aliphatic rings. The Morgan fingerprint density at radius 2 is 1.48 bits per heavy atom. The molecule has 0 aromatic carbocycles. The maximum Gasteiger partial charge on any atom is 0.417 e. The Morgan fingerprint density at radius 3 is 1.90 bits per heavy atom. The highest BCUT2D eigenvalue weighted by Crippen LogP contribution is 2.15. The van der Waals surface area contributed by atoms with E-state index in [1.54, 1.807) is 17.0 Å². The lowest BCUT2D eigenvalue weighted by molar-refractivity contribution is -2.00. The van der Waals surface area contributed by atoms with Crippen molar-refractivity contribution in [2.24, 2.45) is 0 Å². The Bertz CT molecular complexity index is 627. The van der Waals surface area contributed by atoms with Gasteiger partial charge in [0.25, 0.3) is 0 Å². The van der Waals surface area contributed by atoms with Crippen LogP contribution in [0.2, 0.25) is 0 Å². The minimum absolute atomic E-state index is 0.390. The second-order valence-corrected chi connectivity index (χ2v) is 4.39. The van der Waals surface area contributed by atoms with Crippen molar-refractivity contribution < 1.29 is 33.4 Å². The van der Waals surface area contributed by atoms with Gasteiger partial charge in [-0.3, -0.25) is 4.98 Å². The molecule has 0 saturated carbocycles. The third-order valence-electron chi connectivity index (χ3n) is 2.27. The van der Waals surface area contributed by atoms with Crippen molar-refractivity contribution in [1.82, 2.24) is 4.98 Å². The van der Waals surface area contributed by atoms with Crippen molar-refractivity contribution in [3.63, 3.8) is 0 Å². The van der Waals surface area contributed by atoms with E-state index in [1.807, 2.05) is 36.7 Å². The Morgan fingerprint density at radius 1 is 1.05 bits per heavy atom. The Labute approximate surface area is 123 Å². The molecule has 0 spiro atoms. The number of pyridine rings is 2. The zero-order valence-corrected chi connectivity index (χ0v) is 11.4. The molecule has 0 radical (unpaired) electrons. The summed E-state index contributed by atoms with van der Waals surface area (Å²) < 4.78 is 35.7. The largest absolute Gasteiger partial charge is 0.417 e. The van der Waals surface area contributed by atoms with Gasteiger partial charge in [-0.05, 0) is 29.8 Å². The molecule has 0 bridgehead atoms. The van der Waals surface area contributed by atoms with E-state index in [0.717, 1.165) is 11.1 Å². The van der Waals surface area contributed by atoms with Gasteiger partial charge in [0.15, 0.2) is 12.4 Å². The minimum atomic E-state index is -4.94. The normalized spacial score (nSPS) is 10.0. The van der Waals surface area contributed by atoms with Gasteiger partial charge in [-0.2, -0.15) is 9.41 Å². The lowest BCUT2D eigenvalue weighted by Crippen LogP contribution is -2.68. The molecular weight excluding hydrogens is 298 g/mol. The molecule has 2 aromatic heterocycles. The molecule has 21 heavy (non-hydrogen) atoms. The number of aromatic nitrogens is 2. The van der Waals surface area contributed by atoms with Gasteiger partial charge in [0.05, 0.1) is 0 Å². The molecule has 0 amide bonds. The fraction of sp³-hybridized carbons (Fsp3) is 0. The molecule has 2 heterocycles. The second-order valence-electron chi connectivity index (χ2n) is 3.64. The summed E-state index contributed by atoms with van der Waals surface area (Å²) in [6, 6.07) is 7.80. The van der Waals surface area contributed by atoms with Crippen LogP contribution in [-0.2, 0) is 0 Å². The molecule has 0 aliphatic carbocycles. The van der Waals surface area contributed by atoms with E-state index >= 15 is 0 Å². The van der Waals surface area contributed by atoms with E-state index in [1.165, 1.54) is 0 Å². The number of halogens is 1. The van der Waals surface area contributed by atoms with Crippen LogP contribution in [0, 0.1) is 16.8 Å². The first-order valence-corrected chi connectivity index (χ1v) is 6.65. The Kier molecular flexibility index (Phi) is 5.92. The van der Waals surface area contributed by atoms with Crippen LogP contribution in [0.1, 0.15) is 0 Å². The van der Waals surface area contributed by atoms with Crippen LogP contribution in [0.4, 0.5) is 0 Å². The summed E-state index contributed by atoms with van der Waals surface area (Å²) in [5.74, 6) is 0.390. The smallest absolute Gasteiger partial charge is 0.265 e. The first kappa shape index (κ1) is 16.7. The quantitative estimate of drug-likeness (QED) is 0.454. The first-order chi connectivity index (χ1) is 9.81. The standard InChI is InChI=1S/C13H10N3.ClHO4/c1-11(14-2)16-9-5-13(6-10-16)12-3-7-15-8-4-12;2-1(3,4)5/h3-10H,1H2;(H,2,3,4,5)/q+1;/p-1. The van der Waals surface area contributed by atoms with Gasteiger partial charge in [-0.1, -0.05) is 0 Å². The highest BCUT2D eigenvalue weighted by molar-refractivity contribution is 5.61. The highest BCUT2D eigenvalue weighted by Gasteiger charge is 2.06. The molecule has 0 unspecified atom stereocenters. The van der Waals surface area contributed by atoms with Gasteiger partial charge >= 0.3 is 5.82 Å². The SMILES string of the molecule is [C-]#[N+]C(=C)[n+]1ccc(-c2ccncc2)cc1.[O-][Cl+3]([O-])([O-])[O-]. The molecule has 2 aromatic rings. The van der Waals surface area contributed by atoms with E-state index in [9.17, 15) is 0 Å². The highest BCUT2D eigenvalue weighted by atomic mass is 35.7. The van der Waals surface area contributed by atoms with Crippen LogP contribution in [0.3, 0.4) is 0 Å². The van der Waals surface area contributed by atoms with Crippen molar-refractivity contribution in [3.8, 4) is 11.1 Å². The molecule has 2 rings (SSSR count). The van der Waals surface area contributed by atoms with Crippen molar-refractivity contribution in [1.29, 1.82) is 0 Å². The monoisotopic (exact) mass is 307 g/mol. The summed E-state index contributed by atoms with van der Waals surface area (Å²) in [4.78, 5) is 7.24. The van der Waals surface area contributed by atoms with Crippen molar-refractivity contribution in [3.05, 3.63) is 67.0 Å². The van der Waals surface area contributed by atoms with Crippen molar-refractivity contribution in [2.45, 2.75) is 0 Å². The number of rotatable bonds is 2. The summed E-state index contributed by atoms with van der Waals surface area (Å²) in [7, 11) is -4.94. The van der Waals surface area contributed by atoms with E-state index in [0.29, 0.717) is 5.82 Å². The van der Waals surface area contributed by atoms with Crippen LogP contribution in [0.5, 0.6) is 0 Å². The first-order valence-electron chi connectivity index (χ1n) is 5.41. The topological polar surface area (TPSA) is 113 Å². The lowest BCUT2D eigenvalue weighted by atomic mass is 10.1. The molecule has 0 aliphatic heterocycles. The average Bonchev–Trinajstić information content (AvgIpc) is 2.46. The van der Waals surface area contributed by atoms with Crippen LogP contribution in [0.15, 0.2) is 55.6 Å². The minimum Gasteiger partial charge on any atom is -0.265 e. The van der Waals surface area contributed by atoms with Crippen LogP contribution >= 0.6 is 0 Å². The summed E-state index contributed by atoms with van der Waals surface area (Å²) in [5.41, 5.74) is 2.20. The van der Waals surface area contributed by atoms with E-state index in [-0.39, 0.29) is 0 Å². The van der Waals surface area contributed by atoms with Crippen molar-refractivity contribution in [2.75, 3.05) is 0 Å². The fourth-order valence-corrected chi connectivity index (χ4v) is 1.39. The number of hydrogen-bond acceptors (Lipinski definition) is 5. The predicted octanol–water partition coefficient (Wildman–Crippen LogP) is -2.37. The van der Waals surface area contributed by atoms with Gasteiger partial charge in [0.2, 0.25) is 0 Å². The summed E-state index contributed by atoms with van der Waals surface area (Å²) in [6.07, 6.45) is 7.18. The summed E-state index contributed by atoms with van der Waals surface area (Å²) in [5, 5.41) is 0. The third-order valence-corrected chi connectivity index (χ3v) is 2.27. The molecule has 7 nitrogen and oxygen atoms in total. The third kappa shape index (κ3) is 6.58. The molecule has 0 saturated heterocycles. The van der Waals surface area contributed by atoms with Crippen LogP contribution in [-0.4, -0.2) is 4.98 Å². The van der Waals surface area contributed by atoms with Crippen LogP contribution < -0.4 is 23.2 Å². The van der Waals surface area contributed by atoms with Gasteiger partial charge < -0.3 is 0 Å². The second kappa shape index (κ2) is 7.44. The lowest BCUT2D eigenvalue weighted by Gasteiger charge is -2.17. The van der Waals surface area contributed by atoms with Gasteiger partial charge in [0, 0.05) is 24.5 Å². The van der Waals surface area contributed by atoms with Gasteiger partial charge in [-0.25, -0.2) is 18.6 Å². The molecule has 8 heteroatoms. The van der Waals surface area contributed by atoms with Crippen molar-refractivity contribution >= 4 is 5.82 Å². The van der Waals surface area contributed by atoms with E-state index in [2.05, 4.69) is 16.4 Å². The summed E-state index contributed by atoms with van der Waals surface area (Å²) >= 11 is 0. The summed E-state index contributed by atoms with van der Waals surface area (Å²) in [6.45, 7) is 10.5. The molecule has 0 fully saturated rings. The van der Waals surface area contributed by atoms with Crippen LogP contribution in [0.25, 0.3) is 21.8 Å². The molecular formula is C13H10ClN3O4. The Balaban J connectivity index is 0.000000383. The Hall–Kier alpha value is -2.34. The van der Waals surface area contributed by atoms with E-state index < -0.39 is 10.2 Å². The molecule has 0 N–H and O–H groups in total. The maximum absolute atomic E-state index is 8.49. The molecule has 0 atom stereocenters. The zero-order chi connectivity index (χ0) is 15.9. The van der Waals surface area contributed by atoms with E-state index in [4.69, 9.17) is 25.2 Å². The molecule has 108 valence electrons. The van der Waals surface area contributed by atoms with Gasteiger partial charge in [0.1, 0.15) is 6.57 Å². The average molecular weight is 308 g/mol. The number of nitrogens with zero attached hydrogens (tertiary/aromatic N) is 3.